The van der Waals surface area contributed by atoms with Crippen LogP contribution in [0.15, 0.2) is 110 Å². The normalized spacial score (nSPS) is 9.20. The summed E-state index contributed by atoms with van der Waals surface area (Å²) in [4.78, 5) is 16.7. The minimum atomic E-state index is -0.0495. The van der Waals surface area contributed by atoms with Crippen molar-refractivity contribution in [2.45, 2.75) is 0 Å². The molecule has 0 aromatic carbocycles. The zero-order valence-corrected chi connectivity index (χ0v) is 27.0. The Morgan fingerprint density at radius 2 is 1.27 bits per heavy atom. The summed E-state index contributed by atoms with van der Waals surface area (Å²) in [5.41, 5.74) is 11.2. The van der Waals surface area contributed by atoms with Crippen LogP contribution in [0, 0.1) is 16.7 Å². The minimum absolute atomic E-state index is 0. The van der Waals surface area contributed by atoms with Crippen molar-refractivity contribution in [2.24, 2.45) is 5.73 Å². The number of nitrogen functional groups attached to an aromatic ring is 1. The fourth-order valence-corrected chi connectivity index (χ4v) is 3.57. The quantitative estimate of drug-likeness (QED) is 0.103. The van der Waals surface area contributed by atoms with Crippen molar-refractivity contribution in [3.63, 3.8) is 0 Å². The Labute approximate surface area is 282 Å². The molecule has 0 atom stereocenters. The number of halogens is 1. The van der Waals surface area contributed by atoms with Crippen molar-refractivity contribution in [3.8, 4) is 40.0 Å². The van der Waals surface area contributed by atoms with Crippen LogP contribution >= 0.6 is 0 Å². The molecule has 0 aliphatic carbocycles. The number of nitrogens with zero attached hydrogens (tertiary/aromatic N) is 9. The summed E-state index contributed by atoms with van der Waals surface area (Å²) in [5, 5.41) is 33.1. The average molecular weight is 619 g/mol. The summed E-state index contributed by atoms with van der Waals surface area (Å²) in [5.74, 6) is -0.0495. The first-order valence-electron chi connectivity index (χ1n) is 12.1. The topological polar surface area (TPSA) is 220 Å². The van der Waals surface area contributed by atoms with Gasteiger partial charge in [-0.05, 0) is 48.5 Å². The van der Waals surface area contributed by atoms with Crippen LogP contribution in [0.1, 0.15) is 11.4 Å². The van der Waals surface area contributed by atoms with Gasteiger partial charge < -0.3 is 29.4 Å². The van der Waals surface area contributed by atoms with E-state index in [-0.39, 0.29) is 54.0 Å². The number of pyridine rings is 4. The first kappa shape index (κ1) is 37.2. The van der Waals surface area contributed by atoms with Crippen molar-refractivity contribution < 1.29 is 47.1 Å². The van der Waals surface area contributed by atoms with Gasteiger partial charge in [0.2, 0.25) is 0 Å². The minimum Gasteiger partial charge on any atom is -1.00 e. The SMILES string of the molecule is C[O-].N#Cc1cccc(-c2cnn(-c3cccnc3)c2)n1.N=C(N)c1cccc(-c2cnn(-c3cccnc3)c2)n1.[Cl-].[NH4+].[Na+]. The summed E-state index contributed by atoms with van der Waals surface area (Å²) in [6.07, 6.45) is 14.1. The number of nitriles is 1. The second-order valence-electron chi connectivity index (χ2n) is 8.11. The average Bonchev–Trinajstić information content (AvgIpc) is 3.75. The number of nitrogens with two attached hydrogens (primary N) is 1. The third kappa shape index (κ3) is 9.61. The summed E-state index contributed by atoms with van der Waals surface area (Å²) in [6, 6.07) is 20.3. The first-order valence-corrected chi connectivity index (χ1v) is 12.1. The second kappa shape index (κ2) is 18.7. The number of quaternary nitrogens is 1. The molecule has 0 saturated heterocycles. The molecule has 0 aliphatic rings. The molecule has 0 radical (unpaired) electrons. The van der Waals surface area contributed by atoms with Gasteiger partial charge in [0, 0.05) is 35.9 Å². The Bertz CT molecular complexity index is 1770. The molecule has 13 nitrogen and oxygen atoms in total. The van der Waals surface area contributed by atoms with Gasteiger partial charge in [-0.1, -0.05) is 12.1 Å². The van der Waals surface area contributed by atoms with Crippen LogP contribution in [-0.2, 0) is 0 Å². The molecule has 0 aliphatic heterocycles. The number of hydrogen-bond donors (Lipinski definition) is 3. The maximum atomic E-state index is 8.85. The molecular weight excluding hydrogens is 591 g/mol. The molecule has 0 amide bonds. The van der Waals surface area contributed by atoms with Gasteiger partial charge in [0.15, 0.2) is 0 Å². The molecule has 15 heteroatoms. The number of nitrogens with one attached hydrogen (secondary N) is 1. The van der Waals surface area contributed by atoms with E-state index in [2.05, 4.69) is 30.1 Å². The van der Waals surface area contributed by atoms with Crippen LogP contribution in [0.2, 0.25) is 0 Å². The molecule has 6 rings (SSSR count). The molecule has 0 bridgehead atoms. The van der Waals surface area contributed by atoms with E-state index in [1.54, 1.807) is 58.7 Å². The van der Waals surface area contributed by atoms with Crippen molar-refractivity contribution in [3.05, 3.63) is 122 Å². The van der Waals surface area contributed by atoms with Crippen LogP contribution in [0.3, 0.4) is 0 Å². The van der Waals surface area contributed by atoms with Crippen LogP contribution in [0.5, 0.6) is 0 Å². The number of hydrogen-bond acceptors (Lipinski definition) is 9. The Balaban J connectivity index is 0.000000392. The predicted octanol–water partition coefficient (Wildman–Crippen LogP) is -2.82. The first-order chi connectivity index (χ1) is 20.1. The van der Waals surface area contributed by atoms with Crippen LogP contribution < -0.4 is 59.0 Å². The summed E-state index contributed by atoms with van der Waals surface area (Å²) < 4.78 is 3.45. The Hall–Kier alpha value is -4.81. The van der Waals surface area contributed by atoms with E-state index in [4.69, 9.17) is 21.5 Å². The van der Waals surface area contributed by atoms with E-state index in [1.165, 1.54) is 0 Å². The Kier molecular flexibility index (Phi) is 15.8. The second-order valence-corrected chi connectivity index (χ2v) is 8.11. The monoisotopic (exact) mass is 618 g/mol. The third-order valence-corrected chi connectivity index (χ3v) is 5.47. The molecule has 6 aromatic rings. The van der Waals surface area contributed by atoms with E-state index >= 15 is 0 Å². The van der Waals surface area contributed by atoms with Crippen molar-refractivity contribution in [1.82, 2.24) is 45.6 Å². The number of rotatable bonds is 5. The predicted molar refractivity (Wildman–Crippen MR) is 157 cm³/mol. The summed E-state index contributed by atoms with van der Waals surface area (Å²) in [7, 11) is 0.750. The van der Waals surface area contributed by atoms with E-state index in [0.29, 0.717) is 11.4 Å². The largest absolute Gasteiger partial charge is 1.00 e. The molecule has 7 N–H and O–H groups in total. The van der Waals surface area contributed by atoms with Crippen molar-refractivity contribution >= 4 is 5.84 Å². The van der Waals surface area contributed by atoms with Crippen LogP contribution in [0.4, 0.5) is 0 Å². The molecule has 6 heterocycles. The summed E-state index contributed by atoms with van der Waals surface area (Å²) in [6.45, 7) is 0. The van der Waals surface area contributed by atoms with E-state index < -0.39 is 0 Å². The van der Waals surface area contributed by atoms with Gasteiger partial charge in [-0.3, -0.25) is 15.4 Å². The molecular formula is C29H28ClN12NaO. The fraction of sp³-hybridized carbons (Fsp3) is 0.0345. The molecule has 0 saturated carbocycles. The smallest absolute Gasteiger partial charge is 1.00 e. The Morgan fingerprint density at radius 3 is 1.73 bits per heavy atom. The van der Waals surface area contributed by atoms with Crippen LogP contribution in [-0.4, -0.2) is 52.4 Å². The van der Waals surface area contributed by atoms with E-state index in [1.807, 2.05) is 67.0 Å². The van der Waals surface area contributed by atoms with E-state index in [9.17, 15) is 0 Å². The van der Waals surface area contributed by atoms with Gasteiger partial charge in [0.1, 0.15) is 23.3 Å². The van der Waals surface area contributed by atoms with Gasteiger partial charge in [-0.25, -0.2) is 19.3 Å². The van der Waals surface area contributed by atoms with E-state index in [0.717, 1.165) is 41.0 Å². The number of amidine groups is 1. The van der Waals surface area contributed by atoms with Crippen molar-refractivity contribution in [2.75, 3.05) is 7.11 Å². The van der Waals surface area contributed by atoms with Gasteiger partial charge in [0.25, 0.3) is 0 Å². The molecule has 0 unspecified atom stereocenters. The molecule has 6 aromatic heterocycles. The van der Waals surface area contributed by atoms with Crippen molar-refractivity contribution in [1.29, 1.82) is 10.7 Å². The molecule has 218 valence electrons. The van der Waals surface area contributed by atoms with Gasteiger partial charge in [-0.2, -0.15) is 22.6 Å². The summed E-state index contributed by atoms with van der Waals surface area (Å²) >= 11 is 0. The van der Waals surface area contributed by atoms with Gasteiger partial charge >= 0.3 is 29.6 Å². The third-order valence-electron chi connectivity index (χ3n) is 5.47. The van der Waals surface area contributed by atoms with Gasteiger partial charge in [0.05, 0.1) is 47.6 Å². The number of aromatic nitrogens is 8. The standard InChI is InChI=1S/C14H12N6.C14H9N5.CH3O.ClH.H3N.Na/c15-14(16)13-5-1-4-12(19-13)10-7-18-20(9-10)11-3-2-6-17-8-11;15-7-12-3-1-5-14(18-12)11-8-17-19(10-11)13-4-2-6-16-9-13;1-2;;;/h1-9H,(H3,15,16);1-6,8-10H;1H3;1H;1H3;/q;;-1;;;+1. The zero-order valence-electron chi connectivity index (χ0n) is 24.3. The fourth-order valence-electron chi connectivity index (χ4n) is 3.57. The van der Waals surface area contributed by atoms with Gasteiger partial charge in [-0.15, -0.1) is 0 Å². The molecule has 44 heavy (non-hydrogen) atoms. The molecule has 0 fully saturated rings. The molecule has 0 spiro atoms. The maximum Gasteiger partial charge on any atom is 1.00 e. The maximum absolute atomic E-state index is 8.85. The van der Waals surface area contributed by atoms with Crippen LogP contribution in [0.25, 0.3) is 33.9 Å². The Morgan fingerprint density at radius 1 is 0.773 bits per heavy atom. The zero-order chi connectivity index (χ0) is 29.0.